The number of ketones is 1. The predicted octanol–water partition coefficient (Wildman–Crippen LogP) is 2.50. The molecule has 1 N–H and O–H groups in total. The maximum absolute atomic E-state index is 12.9. The van der Waals surface area contributed by atoms with E-state index in [1.165, 1.54) is 0 Å². The maximum atomic E-state index is 12.9. The molecule has 1 fully saturated rings. The first-order valence-corrected chi connectivity index (χ1v) is 8.01. The van der Waals surface area contributed by atoms with Crippen LogP contribution in [0.3, 0.4) is 0 Å². The van der Waals surface area contributed by atoms with E-state index in [1.807, 2.05) is 35.3 Å². The van der Waals surface area contributed by atoms with Gasteiger partial charge in [0, 0.05) is 6.42 Å². The van der Waals surface area contributed by atoms with Gasteiger partial charge in [0.05, 0.1) is 23.8 Å². The van der Waals surface area contributed by atoms with Crippen molar-refractivity contribution < 1.29 is 14.7 Å². The third kappa shape index (κ3) is 4.42. The van der Waals surface area contributed by atoms with Gasteiger partial charge in [-0.1, -0.05) is 18.2 Å². The van der Waals surface area contributed by atoms with E-state index in [1.54, 1.807) is 36.2 Å². The van der Waals surface area contributed by atoms with Gasteiger partial charge in [-0.3, -0.25) is 9.80 Å². The SMILES string of the molecule is CC(=O)CCC1CN(c2ccc(O)cc2)N(c2ccccc2)C1=O.[NaH]. The van der Waals surface area contributed by atoms with Crippen molar-refractivity contribution in [2.75, 3.05) is 16.6 Å². The van der Waals surface area contributed by atoms with E-state index >= 15 is 0 Å². The summed E-state index contributed by atoms with van der Waals surface area (Å²) >= 11 is 0. The number of aromatic hydroxyl groups is 1. The monoisotopic (exact) mass is 348 g/mol. The number of amides is 1. The minimum atomic E-state index is -0.220. The van der Waals surface area contributed by atoms with Crippen LogP contribution in [0, 0.1) is 5.92 Å². The zero-order chi connectivity index (χ0) is 17.1. The van der Waals surface area contributed by atoms with Crippen LogP contribution < -0.4 is 10.0 Å². The number of Topliss-reactive ketones (excluding diaryl/α,β-unsaturated/α-hetero) is 1. The van der Waals surface area contributed by atoms with Gasteiger partial charge < -0.3 is 9.90 Å². The van der Waals surface area contributed by atoms with Crippen molar-refractivity contribution in [2.45, 2.75) is 19.8 Å². The molecule has 6 heteroatoms. The van der Waals surface area contributed by atoms with Crippen LogP contribution in [0.1, 0.15) is 19.8 Å². The molecule has 2 aromatic rings. The molecule has 1 unspecified atom stereocenters. The molecule has 0 saturated carbocycles. The molecule has 0 radical (unpaired) electrons. The molecule has 0 spiro atoms. The molecule has 1 atom stereocenters. The van der Waals surface area contributed by atoms with Crippen LogP contribution in [0.2, 0.25) is 0 Å². The zero-order valence-electron chi connectivity index (χ0n) is 13.6. The number of carbonyl (C=O) groups is 2. The van der Waals surface area contributed by atoms with E-state index in [0.717, 1.165) is 11.4 Å². The molecule has 1 saturated heterocycles. The fourth-order valence-electron chi connectivity index (χ4n) is 2.93. The summed E-state index contributed by atoms with van der Waals surface area (Å²) in [7, 11) is 0. The molecule has 1 aliphatic heterocycles. The Morgan fingerprint density at radius 3 is 2.32 bits per heavy atom. The second-order valence-electron chi connectivity index (χ2n) is 6.02. The molecule has 0 aromatic heterocycles. The molecule has 25 heavy (non-hydrogen) atoms. The Morgan fingerprint density at radius 2 is 1.72 bits per heavy atom. The second-order valence-corrected chi connectivity index (χ2v) is 6.02. The van der Waals surface area contributed by atoms with Crippen molar-refractivity contribution in [1.29, 1.82) is 0 Å². The third-order valence-corrected chi connectivity index (χ3v) is 4.19. The molecule has 1 amide bonds. The number of carbonyl (C=O) groups excluding carboxylic acids is 2. The molecule has 5 nitrogen and oxygen atoms in total. The standard InChI is InChI=1S/C19H20N2O3.Na.H/c1-14(22)7-8-15-13-20(16-9-11-18(23)12-10-16)21(19(15)24)17-5-3-2-4-6-17;;/h2-6,9-12,15,23H,7-8,13H2,1H3;;. The number of anilines is 2. The van der Waals surface area contributed by atoms with Gasteiger partial charge in [0.1, 0.15) is 11.5 Å². The van der Waals surface area contributed by atoms with Gasteiger partial charge in [-0.2, -0.15) is 0 Å². The van der Waals surface area contributed by atoms with Crippen molar-refractivity contribution in [3.05, 3.63) is 54.6 Å². The summed E-state index contributed by atoms with van der Waals surface area (Å²) < 4.78 is 0. The van der Waals surface area contributed by atoms with Gasteiger partial charge in [0.2, 0.25) is 0 Å². The summed E-state index contributed by atoms with van der Waals surface area (Å²) in [6.45, 7) is 2.07. The number of nitrogens with zero attached hydrogens (tertiary/aromatic N) is 2. The molecular weight excluding hydrogens is 327 g/mol. The summed E-state index contributed by atoms with van der Waals surface area (Å²) in [6, 6.07) is 16.2. The summed E-state index contributed by atoms with van der Waals surface area (Å²) in [5, 5.41) is 13.1. The van der Waals surface area contributed by atoms with Gasteiger partial charge in [-0.15, -0.1) is 0 Å². The van der Waals surface area contributed by atoms with Crippen LogP contribution in [0.4, 0.5) is 11.4 Å². The van der Waals surface area contributed by atoms with Gasteiger partial charge >= 0.3 is 29.6 Å². The van der Waals surface area contributed by atoms with Crippen molar-refractivity contribution in [1.82, 2.24) is 0 Å². The minimum absolute atomic E-state index is 0. The van der Waals surface area contributed by atoms with Crippen molar-refractivity contribution in [2.24, 2.45) is 5.92 Å². The zero-order valence-corrected chi connectivity index (χ0v) is 13.6. The fourth-order valence-corrected chi connectivity index (χ4v) is 2.93. The molecule has 126 valence electrons. The Hall–Kier alpha value is -1.82. The van der Waals surface area contributed by atoms with Crippen LogP contribution in [0.25, 0.3) is 0 Å². The van der Waals surface area contributed by atoms with Crippen LogP contribution in [0.15, 0.2) is 54.6 Å². The number of rotatable bonds is 5. The molecule has 3 rings (SSSR count). The Morgan fingerprint density at radius 1 is 1.08 bits per heavy atom. The number of hydrazine groups is 1. The molecule has 1 heterocycles. The van der Waals surface area contributed by atoms with Gasteiger partial charge in [0.15, 0.2) is 0 Å². The van der Waals surface area contributed by atoms with Gasteiger partial charge in [0.25, 0.3) is 5.91 Å². The topological polar surface area (TPSA) is 60.9 Å². The number of hydrogen-bond acceptors (Lipinski definition) is 4. The van der Waals surface area contributed by atoms with Crippen LogP contribution >= 0.6 is 0 Å². The number of hydrogen-bond donors (Lipinski definition) is 1. The number of phenolic OH excluding ortho intramolecular Hbond substituents is 1. The van der Waals surface area contributed by atoms with Crippen molar-refractivity contribution >= 4 is 52.6 Å². The van der Waals surface area contributed by atoms with E-state index in [0.29, 0.717) is 19.4 Å². The number of phenols is 1. The Bertz CT molecular complexity index is 734. The van der Waals surface area contributed by atoms with Crippen molar-refractivity contribution in [3.63, 3.8) is 0 Å². The Balaban J connectivity index is 0.00000225. The van der Waals surface area contributed by atoms with E-state index < -0.39 is 0 Å². The van der Waals surface area contributed by atoms with E-state index in [2.05, 4.69) is 0 Å². The molecule has 1 aliphatic rings. The average Bonchev–Trinajstić information content (AvgIpc) is 2.91. The normalized spacial score (nSPS) is 16.7. The number of para-hydroxylation sites is 1. The predicted molar refractivity (Wildman–Crippen MR) is 99.9 cm³/mol. The Kier molecular flexibility index (Phi) is 6.64. The van der Waals surface area contributed by atoms with Crippen LogP contribution in [-0.2, 0) is 9.59 Å². The van der Waals surface area contributed by atoms with E-state index in [4.69, 9.17) is 0 Å². The third-order valence-electron chi connectivity index (χ3n) is 4.19. The summed E-state index contributed by atoms with van der Waals surface area (Å²) in [4.78, 5) is 24.2. The summed E-state index contributed by atoms with van der Waals surface area (Å²) in [6.07, 6.45) is 0.953. The molecule has 2 aromatic carbocycles. The molecule has 0 bridgehead atoms. The number of benzene rings is 2. The van der Waals surface area contributed by atoms with Gasteiger partial charge in [-0.05, 0) is 49.7 Å². The fraction of sp³-hybridized carbons (Fsp3) is 0.263. The van der Waals surface area contributed by atoms with Gasteiger partial charge in [-0.25, -0.2) is 5.01 Å². The Labute approximate surface area is 169 Å². The molecular formula is C19H21N2NaO3. The quantitative estimate of drug-likeness (QED) is 0.844. The van der Waals surface area contributed by atoms with E-state index in [-0.39, 0.29) is 52.9 Å². The molecule has 0 aliphatic carbocycles. The average molecular weight is 348 g/mol. The van der Waals surface area contributed by atoms with E-state index in [9.17, 15) is 14.7 Å². The van der Waals surface area contributed by atoms with Crippen LogP contribution in [-0.4, -0.2) is 52.9 Å². The summed E-state index contributed by atoms with van der Waals surface area (Å²) in [5.41, 5.74) is 1.62. The first-order valence-electron chi connectivity index (χ1n) is 8.01. The first-order chi connectivity index (χ1) is 11.6. The van der Waals surface area contributed by atoms with Crippen molar-refractivity contribution in [3.8, 4) is 5.75 Å². The summed E-state index contributed by atoms with van der Waals surface area (Å²) in [5.74, 6) is 0.0549. The second kappa shape index (κ2) is 8.52. The van der Waals surface area contributed by atoms with Crippen LogP contribution in [0.5, 0.6) is 5.75 Å². The first kappa shape index (κ1) is 19.5.